The van der Waals surface area contributed by atoms with Crippen LogP contribution in [0, 0.1) is 5.92 Å². The lowest BCUT2D eigenvalue weighted by Gasteiger charge is -2.34. The number of hydrogen-bond acceptors (Lipinski definition) is 3. The van der Waals surface area contributed by atoms with Crippen molar-refractivity contribution in [2.75, 3.05) is 26.2 Å². The molecule has 2 aliphatic rings. The number of aliphatic hydroxyl groups is 1. The first-order valence-electron chi connectivity index (χ1n) is 9.05. The molecule has 0 spiro atoms. The zero-order valence-corrected chi connectivity index (χ0v) is 15.1. The highest BCUT2D eigenvalue weighted by atomic mass is 35.5. The van der Waals surface area contributed by atoms with Crippen molar-refractivity contribution in [3.63, 3.8) is 0 Å². The highest BCUT2D eigenvalue weighted by Crippen LogP contribution is 2.27. The van der Waals surface area contributed by atoms with Crippen LogP contribution in [0.15, 0.2) is 24.3 Å². The number of piperidine rings is 1. The first kappa shape index (κ1) is 18.2. The van der Waals surface area contributed by atoms with Crippen LogP contribution in [0.5, 0.6) is 0 Å². The van der Waals surface area contributed by atoms with Gasteiger partial charge >= 0.3 is 0 Å². The van der Waals surface area contributed by atoms with E-state index in [2.05, 4.69) is 0 Å². The first-order valence-corrected chi connectivity index (χ1v) is 9.43. The fourth-order valence-electron chi connectivity index (χ4n) is 3.72. The predicted molar refractivity (Wildman–Crippen MR) is 96.1 cm³/mol. The highest BCUT2D eigenvalue weighted by Gasteiger charge is 2.29. The number of hydrogen-bond donors (Lipinski definition) is 1. The molecule has 136 valence electrons. The Bertz CT molecular complexity index is 629. The van der Waals surface area contributed by atoms with Crippen molar-refractivity contribution in [3.8, 4) is 0 Å². The van der Waals surface area contributed by atoms with Crippen LogP contribution in [0.1, 0.15) is 43.8 Å². The Morgan fingerprint density at radius 3 is 2.60 bits per heavy atom. The molecule has 0 aliphatic carbocycles. The molecule has 0 saturated carbocycles. The molecule has 2 saturated heterocycles. The predicted octanol–water partition coefficient (Wildman–Crippen LogP) is 2.62. The van der Waals surface area contributed by atoms with Gasteiger partial charge in [0.15, 0.2) is 6.10 Å². The number of rotatable bonds is 5. The van der Waals surface area contributed by atoms with E-state index in [1.807, 2.05) is 4.90 Å². The van der Waals surface area contributed by atoms with Crippen molar-refractivity contribution in [1.82, 2.24) is 9.80 Å². The van der Waals surface area contributed by atoms with Gasteiger partial charge in [-0.2, -0.15) is 0 Å². The third kappa shape index (κ3) is 4.33. The molecule has 1 atom stereocenters. The van der Waals surface area contributed by atoms with Crippen LogP contribution in [0.25, 0.3) is 0 Å². The zero-order chi connectivity index (χ0) is 17.8. The molecule has 0 unspecified atom stereocenters. The van der Waals surface area contributed by atoms with Crippen LogP contribution in [-0.4, -0.2) is 52.9 Å². The van der Waals surface area contributed by atoms with Gasteiger partial charge in [-0.15, -0.1) is 0 Å². The Morgan fingerprint density at radius 1 is 1.24 bits per heavy atom. The summed E-state index contributed by atoms with van der Waals surface area (Å²) in [7, 11) is 0. The van der Waals surface area contributed by atoms with Gasteiger partial charge in [0.2, 0.25) is 5.91 Å². The number of carbonyl (C=O) groups excluding carboxylic acids is 2. The van der Waals surface area contributed by atoms with E-state index in [9.17, 15) is 14.7 Å². The van der Waals surface area contributed by atoms with E-state index in [1.165, 1.54) is 0 Å². The molecule has 6 heteroatoms. The van der Waals surface area contributed by atoms with Gasteiger partial charge in [0, 0.05) is 43.2 Å². The topological polar surface area (TPSA) is 60.9 Å². The van der Waals surface area contributed by atoms with Gasteiger partial charge in [-0.05, 0) is 37.7 Å². The second kappa shape index (κ2) is 8.19. The maximum absolute atomic E-state index is 12.5. The molecule has 0 radical (unpaired) electrons. The summed E-state index contributed by atoms with van der Waals surface area (Å²) >= 11 is 6.08. The third-order valence-corrected chi connectivity index (χ3v) is 5.68. The van der Waals surface area contributed by atoms with Crippen molar-refractivity contribution in [2.45, 2.75) is 38.2 Å². The van der Waals surface area contributed by atoms with Crippen LogP contribution in [0.2, 0.25) is 5.02 Å². The van der Waals surface area contributed by atoms with Gasteiger partial charge in [0.1, 0.15) is 0 Å². The van der Waals surface area contributed by atoms with Gasteiger partial charge in [-0.1, -0.05) is 29.8 Å². The lowest BCUT2D eigenvalue weighted by Crippen LogP contribution is -2.41. The van der Waals surface area contributed by atoms with Crippen LogP contribution in [-0.2, 0) is 9.59 Å². The Balaban J connectivity index is 1.47. The Morgan fingerprint density at radius 2 is 1.96 bits per heavy atom. The average molecular weight is 365 g/mol. The normalized spacial score (nSPS) is 20.2. The summed E-state index contributed by atoms with van der Waals surface area (Å²) in [5.41, 5.74) is 0.462. The maximum Gasteiger partial charge on any atom is 0.256 e. The molecule has 1 aromatic rings. The summed E-state index contributed by atoms with van der Waals surface area (Å²) in [6.45, 7) is 3.03. The molecule has 2 aliphatic heterocycles. The lowest BCUT2D eigenvalue weighted by molar-refractivity contribution is -0.142. The summed E-state index contributed by atoms with van der Waals surface area (Å²) in [6.07, 6.45) is 3.30. The Kier molecular flexibility index (Phi) is 5.97. The molecule has 1 N–H and O–H groups in total. The molecule has 0 bridgehead atoms. The van der Waals surface area contributed by atoms with Gasteiger partial charge < -0.3 is 14.9 Å². The Hall–Kier alpha value is -1.59. The van der Waals surface area contributed by atoms with E-state index in [4.69, 9.17) is 11.6 Å². The number of halogens is 1. The molecule has 25 heavy (non-hydrogen) atoms. The van der Waals surface area contributed by atoms with Crippen LogP contribution in [0.4, 0.5) is 0 Å². The van der Waals surface area contributed by atoms with Crippen LogP contribution >= 0.6 is 11.6 Å². The van der Waals surface area contributed by atoms with Gasteiger partial charge in [0.25, 0.3) is 5.91 Å². The molecular weight excluding hydrogens is 340 g/mol. The quantitative estimate of drug-likeness (QED) is 0.873. The summed E-state index contributed by atoms with van der Waals surface area (Å²) in [4.78, 5) is 27.9. The van der Waals surface area contributed by atoms with Crippen molar-refractivity contribution in [2.24, 2.45) is 5.92 Å². The minimum Gasteiger partial charge on any atom is -0.378 e. The second-order valence-corrected chi connectivity index (χ2v) is 7.37. The van der Waals surface area contributed by atoms with E-state index in [0.717, 1.165) is 38.8 Å². The smallest absolute Gasteiger partial charge is 0.256 e. The van der Waals surface area contributed by atoms with E-state index in [1.54, 1.807) is 29.2 Å². The largest absolute Gasteiger partial charge is 0.378 e. The number of amides is 2. The van der Waals surface area contributed by atoms with Gasteiger partial charge in [0.05, 0.1) is 0 Å². The average Bonchev–Trinajstić information content (AvgIpc) is 3.04. The molecule has 1 aromatic carbocycles. The summed E-state index contributed by atoms with van der Waals surface area (Å²) < 4.78 is 0. The number of aliphatic hydroxyl groups excluding tert-OH is 1. The van der Waals surface area contributed by atoms with Crippen molar-refractivity contribution in [1.29, 1.82) is 0 Å². The van der Waals surface area contributed by atoms with E-state index in [0.29, 0.717) is 36.0 Å². The number of benzene rings is 1. The summed E-state index contributed by atoms with van der Waals surface area (Å²) in [5, 5.41) is 10.8. The lowest BCUT2D eigenvalue weighted by atomic mass is 9.93. The fraction of sp³-hybridized carbons (Fsp3) is 0.579. The molecule has 2 fully saturated rings. The zero-order valence-electron chi connectivity index (χ0n) is 14.4. The van der Waals surface area contributed by atoms with E-state index >= 15 is 0 Å². The fourth-order valence-corrected chi connectivity index (χ4v) is 3.96. The number of likely N-dealkylation sites (tertiary alicyclic amines) is 2. The molecule has 0 aromatic heterocycles. The minimum absolute atomic E-state index is 0.274. The van der Waals surface area contributed by atoms with Crippen LogP contribution < -0.4 is 0 Å². The molecule has 3 rings (SSSR count). The first-order chi connectivity index (χ1) is 12.1. The maximum atomic E-state index is 12.5. The molecule has 5 nitrogen and oxygen atoms in total. The monoisotopic (exact) mass is 364 g/mol. The number of nitrogens with zero attached hydrogens (tertiary/aromatic N) is 2. The number of carbonyl (C=O) groups is 2. The molecular formula is C19H25ClN2O3. The SMILES string of the molecule is O=C1CCCN1CCC1CCN(C(=O)[C@H](O)c2ccccc2Cl)CC1. The molecule has 2 heterocycles. The highest BCUT2D eigenvalue weighted by molar-refractivity contribution is 6.31. The van der Waals surface area contributed by atoms with Crippen molar-refractivity contribution >= 4 is 23.4 Å². The summed E-state index contributed by atoms with van der Waals surface area (Å²) in [6, 6.07) is 6.91. The summed E-state index contributed by atoms with van der Waals surface area (Å²) in [5.74, 6) is 0.534. The van der Waals surface area contributed by atoms with Crippen molar-refractivity contribution < 1.29 is 14.7 Å². The minimum atomic E-state index is -1.20. The van der Waals surface area contributed by atoms with Gasteiger partial charge in [-0.25, -0.2) is 0 Å². The third-order valence-electron chi connectivity index (χ3n) is 5.34. The Labute approximate surface area is 153 Å². The van der Waals surface area contributed by atoms with E-state index in [-0.39, 0.29) is 11.8 Å². The van der Waals surface area contributed by atoms with E-state index < -0.39 is 6.10 Å². The van der Waals surface area contributed by atoms with Gasteiger partial charge in [-0.3, -0.25) is 9.59 Å². The molecule has 2 amide bonds. The second-order valence-electron chi connectivity index (χ2n) is 6.97. The van der Waals surface area contributed by atoms with Crippen LogP contribution in [0.3, 0.4) is 0 Å². The standard InChI is InChI=1S/C19H25ClN2O3/c20-16-5-2-1-4-15(16)18(24)19(25)22-12-8-14(9-13-22)7-11-21-10-3-6-17(21)23/h1-2,4-5,14,18,24H,3,6-13H2/t18-/m1/s1. The van der Waals surface area contributed by atoms with Crippen molar-refractivity contribution in [3.05, 3.63) is 34.9 Å².